The standard InChI is InChI=1S/C14H19N3OS/c1-10-6-7-13(18-10)11(2)17-14(15-3)16-9-12-5-4-8-19-12/h4-8,11H,9H2,1-3H3,(H2,15,16,17). The molecule has 2 aromatic heterocycles. The lowest BCUT2D eigenvalue weighted by atomic mass is 10.2. The molecular weight excluding hydrogens is 258 g/mol. The quantitative estimate of drug-likeness (QED) is 0.667. The first-order valence-electron chi connectivity index (χ1n) is 6.25. The van der Waals surface area contributed by atoms with Crippen molar-refractivity contribution in [1.29, 1.82) is 0 Å². The van der Waals surface area contributed by atoms with Crippen molar-refractivity contribution in [3.63, 3.8) is 0 Å². The summed E-state index contributed by atoms with van der Waals surface area (Å²) >= 11 is 1.73. The van der Waals surface area contributed by atoms with Gasteiger partial charge >= 0.3 is 0 Å². The van der Waals surface area contributed by atoms with E-state index in [1.54, 1.807) is 18.4 Å². The molecular formula is C14H19N3OS. The molecule has 4 nitrogen and oxygen atoms in total. The highest BCUT2D eigenvalue weighted by molar-refractivity contribution is 7.09. The van der Waals surface area contributed by atoms with Gasteiger partial charge in [0, 0.05) is 11.9 Å². The van der Waals surface area contributed by atoms with Crippen molar-refractivity contribution in [2.24, 2.45) is 4.99 Å². The Morgan fingerprint density at radius 3 is 2.84 bits per heavy atom. The van der Waals surface area contributed by atoms with Crippen LogP contribution >= 0.6 is 11.3 Å². The monoisotopic (exact) mass is 277 g/mol. The minimum absolute atomic E-state index is 0.0863. The van der Waals surface area contributed by atoms with Gasteiger partial charge in [-0.25, -0.2) is 0 Å². The number of aliphatic imine (C=N–C) groups is 1. The van der Waals surface area contributed by atoms with Gasteiger partial charge in [-0.2, -0.15) is 0 Å². The predicted molar refractivity (Wildman–Crippen MR) is 79.5 cm³/mol. The topological polar surface area (TPSA) is 49.6 Å². The third-order valence-electron chi connectivity index (χ3n) is 2.77. The molecule has 2 aromatic rings. The Balaban J connectivity index is 1.88. The van der Waals surface area contributed by atoms with E-state index in [4.69, 9.17) is 4.42 Å². The summed E-state index contributed by atoms with van der Waals surface area (Å²) in [6, 6.07) is 8.19. The van der Waals surface area contributed by atoms with Crippen molar-refractivity contribution in [3.05, 3.63) is 46.0 Å². The van der Waals surface area contributed by atoms with Crippen LogP contribution in [0.5, 0.6) is 0 Å². The summed E-state index contributed by atoms with van der Waals surface area (Å²) in [4.78, 5) is 5.50. The van der Waals surface area contributed by atoms with Crippen LogP contribution in [0.3, 0.4) is 0 Å². The Bertz CT molecular complexity index is 531. The van der Waals surface area contributed by atoms with Gasteiger partial charge in [0.05, 0.1) is 12.6 Å². The van der Waals surface area contributed by atoms with Gasteiger partial charge in [-0.3, -0.25) is 4.99 Å². The molecule has 2 heterocycles. The van der Waals surface area contributed by atoms with Crippen molar-refractivity contribution < 1.29 is 4.42 Å². The molecule has 19 heavy (non-hydrogen) atoms. The molecule has 102 valence electrons. The molecule has 5 heteroatoms. The molecule has 0 aliphatic heterocycles. The molecule has 0 fully saturated rings. The smallest absolute Gasteiger partial charge is 0.191 e. The number of furan rings is 1. The van der Waals surface area contributed by atoms with E-state index in [0.717, 1.165) is 24.0 Å². The largest absolute Gasteiger partial charge is 0.464 e. The van der Waals surface area contributed by atoms with Crippen molar-refractivity contribution in [2.45, 2.75) is 26.4 Å². The third-order valence-corrected chi connectivity index (χ3v) is 3.65. The van der Waals surface area contributed by atoms with E-state index >= 15 is 0 Å². The molecule has 0 aromatic carbocycles. The highest BCUT2D eigenvalue weighted by Gasteiger charge is 2.11. The summed E-state index contributed by atoms with van der Waals surface area (Å²) in [5.74, 6) is 2.61. The van der Waals surface area contributed by atoms with Crippen LogP contribution in [-0.2, 0) is 6.54 Å². The average Bonchev–Trinajstić information content (AvgIpc) is 3.05. The molecule has 0 saturated heterocycles. The lowest BCUT2D eigenvalue weighted by Crippen LogP contribution is -2.38. The fourth-order valence-corrected chi connectivity index (χ4v) is 2.39. The molecule has 0 saturated carbocycles. The second-order valence-corrected chi connectivity index (χ2v) is 5.35. The van der Waals surface area contributed by atoms with Crippen molar-refractivity contribution in [2.75, 3.05) is 7.05 Å². The first-order chi connectivity index (χ1) is 9.19. The van der Waals surface area contributed by atoms with Crippen LogP contribution in [0, 0.1) is 6.92 Å². The fraction of sp³-hybridized carbons (Fsp3) is 0.357. The molecule has 1 atom stereocenters. The SMILES string of the molecule is CN=C(NCc1cccs1)NC(C)c1ccc(C)o1. The van der Waals surface area contributed by atoms with Gasteiger partial charge in [0.2, 0.25) is 0 Å². The maximum Gasteiger partial charge on any atom is 0.191 e. The molecule has 0 aliphatic carbocycles. The second kappa shape index (κ2) is 6.43. The van der Waals surface area contributed by atoms with Crippen LogP contribution < -0.4 is 10.6 Å². The number of guanidine groups is 1. The van der Waals surface area contributed by atoms with E-state index in [9.17, 15) is 0 Å². The normalized spacial score (nSPS) is 13.3. The highest BCUT2D eigenvalue weighted by atomic mass is 32.1. The zero-order chi connectivity index (χ0) is 13.7. The number of nitrogens with zero attached hydrogens (tertiary/aromatic N) is 1. The molecule has 0 bridgehead atoms. The van der Waals surface area contributed by atoms with Gasteiger partial charge in [-0.15, -0.1) is 11.3 Å². The van der Waals surface area contributed by atoms with Crippen LogP contribution in [-0.4, -0.2) is 13.0 Å². The van der Waals surface area contributed by atoms with Gasteiger partial charge in [-0.05, 0) is 37.4 Å². The van der Waals surface area contributed by atoms with Gasteiger partial charge in [-0.1, -0.05) is 6.07 Å². The van der Waals surface area contributed by atoms with E-state index in [1.165, 1.54) is 4.88 Å². The second-order valence-electron chi connectivity index (χ2n) is 4.32. The van der Waals surface area contributed by atoms with E-state index in [0.29, 0.717) is 0 Å². The number of aryl methyl sites for hydroxylation is 1. The molecule has 1 unspecified atom stereocenters. The minimum Gasteiger partial charge on any atom is -0.464 e. The van der Waals surface area contributed by atoms with Gasteiger partial charge in [0.15, 0.2) is 5.96 Å². The van der Waals surface area contributed by atoms with Crippen LogP contribution in [0.25, 0.3) is 0 Å². The number of nitrogens with one attached hydrogen (secondary N) is 2. The minimum atomic E-state index is 0.0863. The van der Waals surface area contributed by atoms with E-state index < -0.39 is 0 Å². The number of hydrogen-bond acceptors (Lipinski definition) is 3. The lowest BCUT2D eigenvalue weighted by Gasteiger charge is -2.15. The summed E-state index contributed by atoms with van der Waals surface area (Å²) in [5.41, 5.74) is 0. The number of rotatable bonds is 4. The molecule has 0 radical (unpaired) electrons. The van der Waals surface area contributed by atoms with Gasteiger partial charge in [0.25, 0.3) is 0 Å². The first kappa shape index (κ1) is 13.7. The predicted octanol–water partition coefficient (Wildman–Crippen LogP) is 3.08. The summed E-state index contributed by atoms with van der Waals surface area (Å²) in [6.07, 6.45) is 0. The van der Waals surface area contributed by atoms with Crippen LogP contribution in [0.4, 0.5) is 0 Å². The highest BCUT2D eigenvalue weighted by Crippen LogP contribution is 2.15. The molecule has 2 rings (SSSR count). The lowest BCUT2D eigenvalue weighted by molar-refractivity contribution is 0.441. The zero-order valence-electron chi connectivity index (χ0n) is 11.4. The molecule has 0 amide bonds. The van der Waals surface area contributed by atoms with Crippen LogP contribution in [0.2, 0.25) is 0 Å². The van der Waals surface area contributed by atoms with Crippen molar-refractivity contribution in [1.82, 2.24) is 10.6 Å². The fourth-order valence-electron chi connectivity index (χ4n) is 1.74. The average molecular weight is 277 g/mol. The van der Waals surface area contributed by atoms with Crippen molar-refractivity contribution >= 4 is 17.3 Å². The summed E-state index contributed by atoms with van der Waals surface area (Å²) < 4.78 is 5.60. The van der Waals surface area contributed by atoms with E-state index in [-0.39, 0.29) is 6.04 Å². The molecule has 0 spiro atoms. The van der Waals surface area contributed by atoms with Gasteiger partial charge < -0.3 is 15.1 Å². The summed E-state index contributed by atoms with van der Waals surface area (Å²) in [6.45, 7) is 4.78. The van der Waals surface area contributed by atoms with Crippen LogP contribution in [0.15, 0.2) is 39.1 Å². The third kappa shape index (κ3) is 3.86. The van der Waals surface area contributed by atoms with Crippen molar-refractivity contribution in [3.8, 4) is 0 Å². The Hall–Kier alpha value is -1.75. The van der Waals surface area contributed by atoms with E-state index in [2.05, 4.69) is 34.0 Å². The van der Waals surface area contributed by atoms with Crippen LogP contribution in [0.1, 0.15) is 29.4 Å². The Morgan fingerprint density at radius 1 is 1.42 bits per heavy atom. The maximum absolute atomic E-state index is 5.60. The Morgan fingerprint density at radius 2 is 2.26 bits per heavy atom. The number of hydrogen-bond donors (Lipinski definition) is 2. The first-order valence-corrected chi connectivity index (χ1v) is 7.13. The Labute approximate surface area is 117 Å². The molecule has 0 aliphatic rings. The van der Waals surface area contributed by atoms with E-state index in [1.807, 2.05) is 25.1 Å². The zero-order valence-corrected chi connectivity index (χ0v) is 12.3. The maximum atomic E-state index is 5.60. The molecule has 2 N–H and O–H groups in total. The summed E-state index contributed by atoms with van der Waals surface area (Å²) in [5, 5.41) is 8.67. The summed E-state index contributed by atoms with van der Waals surface area (Å²) in [7, 11) is 1.77. The Kier molecular flexibility index (Phi) is 4.63. The number of thiophene rings is 1. The van der Waals surface area contributed by atoms with Gasteiger partial charge in [0.1, 0.15) is 11.5 Å².